The van der Waals surface area contributed by atoms with Gasteiger partial charge < -0.3 is 4.74 Å². The van der Waals surface area contributed by atoms with Crippen molar-refractivity contribution in [3.63, 3.8) is 0 Å². The van der Waals surface area contributed by atoms with Gasteiger partial charge in [0.05, 0.1) is 27.1 Å². The van der Waals surface area contributed by atoms with Gasteiger partial charge in [-0.2, -0.15) is 9.78 Å². The standard InChI is InChI=1S/C28H19ClN4O4/c29-23-15-20(16-25(33(35)36)26(23)37-18-19-9-3-1-4-10-19)17-30-32-27(21-11-5-2-6-12-21)31-24-14-8-7-13-22(24)28(32)34/h1-17H,18H2. The number of hydrogen-bond donors (Lipinski definition) is 0. The molecule has 0 saturated heterocycles. The Balaban J connectivity index is 1.56. The average molecular weight is 511 g/mol. The zero-order valence-corrected chi connectivity index (χ0v) is 20.1. The van der Waals surface area contributed by atoms with Crippen molar-refractivity contribution < 1.29 is 9.66 Å². The summed E-state index contributed by atoms with van der Waals surface area (Å²) in [5.74, 6) is 0.297. The van der Waals surface area contributed by atoms with Crippen LogP contribution in [0.15, 0.2) is 107 Å². The number of para-hydroxylation sites is 1. The number of nitrogens with zero attached hydrogens (tertiary/aromatic N) is 4. The van der Waals surface area contributed by atoms with Crippen LogP contribution in [0.1, 0.15) is 11.1 Å². The molecule has 5 aromatic rings. The average Bonchev–Trinajstić information content (AvgIpc) is 2.92. The maximum atomic E-state index is 13.3. The quantitative estimate of drug-likeness (QED) is 0.150. The molecule has 182 valence electrons. The van der Waals surface area contributed by atoms with Gasteiger partial charge in [0, 0.05) is 17.2 Å². The van der Waals surface area contributed by atoms with Crippen LogP contribution < -0.4 is 10.3 Å². The van der Waals surface area contributed by atoms with Crippen LogP contribution in [0.2, 0.25) is 5.02 Å². The highest BCUT2D eigenvalue weighted by atomic mass is 35.5. The molecule has 0 spiro atoms. The van der Waals surface area contributed by atoms with E-state index in [2.05, 4.69) is 10.1 Å². The molecule has 0 saturated carbocycles. The third kappa shape index (κ3) is 5.10. The lowest BCUT2D eigenvalue weighted by Gasteiger charge is -2.10. The first-order valence-corrected chi connectivity index (χ1v) is 11.7. The zero-order valence-electron chi connectivity index (χ0n) is 19.3. The van der Waals surface area contributed by atoms with Crippen molar-refractivity contribution >= 4 is 34.4 Å². The van der Waals surface area contributed by atoms with E-state index in [1.807, 2.05) is 60.7 Å². The Hall–Kier alpha value is -4.82. The van der Waals surface area contributed by atoms with Crippen LogP contribution in [0.3, 0.4) is 0 Å². The largest absolute Gasteiger partial charge is 0.481 e. The molecule has 0 aliphatic rings. The first kappa shape index (κ1) is 23.9. The molecule has 1 heterocycles. The monoisotopic (exact) mass is 510 g/mol. The summed E-state index contributed by atoms with van der Waals surface area (Å²) >= 11 is 6.39. The number of aromatic nitrogens is 2. The van der Waals surface area contributed by atoms with Crippen LogP contribution in [-0.4, -0.2) is 20.8 Å². The zero-order chi connectivity index (χ0) is 25.8. The minimum absolute atomic E-state index is 0.0396. The summed E-state index contributed by atoms with van der Waals surface area (Å²) in [6.45, 7) is 0.118. The number of fused-ring (bicyclic) bond motifs is 1. The lowest BCUT2D eigenvalue weighted by molar-refractivity contribution is -0.385. The Morgan fingerprint density at radius 1 is 0.973 bits per heavy atom. The van der Waals surface area contributed by atoms with Crippen LogP contribution in [0, 0.1) is 10.1 Å². The lowest BCUT2D eigenvalue weighted by Crippen LogP contribution is -2.20. The Labute approximate surface area is 216 Å². The van der Waals surface area contributed by atoms with Crippen LogP contribution in [0.25, 0.3) is 22.3 Å². The molecule has 5 rings (SSSR count). The van der Waals surface area contributed by atoms with Crippen molar-refractivity contribution in [1.29, 1.82) is 0 Å². The Morgan fingerprint density at radius 2 is 1.65 bits per heavy atom. The van der Waals surface area contributed by atoms with Gasteiger partial charge in [-0.25, -0.2) is 4.98 Å². The maximum Gasteiger partial charge on any atom is 0.313 e. The van der Waals surface area contributed by atoms with E-state index in [9.17, 15) is 14.9 Å². The highest BCUT2D eigenvalue weighted by Crippen LogP contribution is 2.36. The van der Waals surface area contributed by atoms with Gasteiger partial charge in [-0.1, -0.05) is 84.4 Å². The number of ether oxygens (including phenoxy) is 1. The van der Waals surface area contributed by atoms with Crippen molar-refractivity contribution in [3.8, 4) is 17.1 Å². The summed E-state index contributed by atoms with van der Waals surface area (Å²) < 4.78 is 6.87. The van der Waals surface area contributed by atoms with Gasteiger partial charge in [-0.3, -0.25) is 14.9 Å². The SMILES string of the molecule is O=c1c2ccccc2nc(-c2ccccc2)n1N=Cc1cc(Cl)c(OCc2ccccc2)c([N+](=O)[O-])c1. The normalized spacial score (nSPS) is 11.2. The van der Waals surface area contributed by atoms with Gasteiger partial charge in [0.15, 0.2) is 5.82 Å². The highest BCUT2D eigenvalue weighted by Gasteiger charge is 2.21. The second-order valence-electron chi connectivity index (χ2n) is 8.06. The molecule has 0 fully saturated rings. The summed E-state index contributed by atoms with van der Waals surface area (Å²) in [5, 5.41) is 16.6. The Morgan fingerprint density at radius 3 is 2.38 bits per heavy atom. The van der Waals surface area contributed by atoms with Crippen LogP contribution >= 0.6 is 11.6 Å². The molecule has 0 atom stereocenters. The second-order valence-corrected chi connectivity index (χ2v) is 8.47. The van der Waals surface area contributed by atoms with E-state index in [0.717, 1.165) is 5.56 Å². The van der Waals surface area contributed by atoms with E-state index in [0.29, 0.717) is 27.9 Å². The van der Waals surface area contributed by atoms with Gasteiger partial charge in [0.1, 0.15) is 6.61 Å². The third-order valence-electron chi connectivity index (χ3n) is 5.58. The minimum Gasteiger partial charge on any atom is -0.481 e. The molecule has 0 aliphatic heterocycles. The van der Waals surface area contributed by atoms with E-state index in [-0.39, 0.29) is 28.6 Å². The van der Waals surface area contributed by atoms with E-state index < -0.39 is 4.92 Å². The van der Waals surface area contributed by atoms with Gasteiger partial charge in [-0.15, -0.1) is 0 Å². The Kier molecular flexibility index (Phi) is 6.74. The molecule has 0 amide bonds. The predicted octanol–water partition coefficient (Wildman–Crippen LogP) is 6.09. The summed E-state index contributed by atoms with van der Waals surface area (Å²) in [7, 11) is 0. The number of halogens is 1. The van der Waals surface area contributed by atoms with Gasteiger partial charge in [-0.05, 0) is 23.8 Å². The van der Waals surface area contributed by atoms with E-state index in [1.54, 1.807) is 24.3 Å². The van der Waals surface area contributed by atoms with Crippen molar-refractivity contribution in [2.24, 2.45) is 5.10 Å². The smallest absolute Gasteiger partial charge is 0.313 e. The maximum absolute atomic E-state index is 13.3. The van der Waals surface area contributed by atoms with Gasteiger partial charge in [0.25, 0.3) is 5.56 Å². The van der Waals surface area contributed by atoms with E-state index in [1.165, 1.54) is 23.0 Å². The van der Waals surface area contributed by atoms with Crippen molar-refractivity contribution in [3.05, 3.63) is 134 Å². The molecular formula is C28H19ClN4O4. The van der Waals surface area contributed by atoms with Gasteiger partial charge >= 0.3 is 5.69 Å². The molecule has 4 aromatic carbocycles. The van der Waals surface area contributed by atoms with E-state index in [4.69, 9.17) is 16.3 Å². The first-order chi connectivity index (χ1) is 18.0. The molecule has 1 aromatic heterocycles. The molecule has 0 bridgehead atoms. The summed E-state index contributed by atoms with van der Waals surface area (Å²) in [4.78, 5) is 29.2. The van der Waals surface area contributed by atoms with Crippen LogP contribution in [-0.2, 0) is 6.61 Å². The van der Waals surface area contributed by atoms with Crippen LogP contribution in [0.4, 0.5) is 5.69 Å². The van der Waals surface area contributed by atoms with Crippen LogP contribution in [0.5, 0.6) is 5.75 Å². The van der Waals surface area contributed by atoms with E-state index >= 15 is 0 Å². The molecular weight excluding hydrogens is 492 g/mol. The fraction of sp³-hybridized carbons (Fsp3) is 0.0357. The molecule has 0 radical (unpaired) electrons. The first-order valence-electron chi connectivity index (χ1n) is 11.3. The molecule has 9 heteroatoms. The minimum atomic E-state index is -0.567. The molecule has 0 aliphatic carbocycles. The topological polar surface area (TPSA) is 99.6 Å². The fourth-order valence-corrected chi connectivity index (χ4v) is 4.09. The van der Waals surface area contributed by atoms with Crippen molar-refractivity contribution in [2.75, 3.05) is 0 Å². The van der Waals surface area contributed by atoms with Crippen molar-refractivity contribution in [1.82, 2.24) is 9.66 Å². The number of nitro benzene ring substituents is 1. The molecule has 8 nitrogen and oxygen atoms in total. The Bertz CT molecular complexity index is 1690. The number of rotatable bonds is 7. The molecule has 37 heavy (non-hydrogen) atoms. The lowest BCUT2D eigenvalue weighted by atomic mass is 10.2. The number of benzene rings is 4. The molecule has 0 unspecified atom stereocenters. The number of hydrogen-bond acceptors (Lipinski definition) is 6. The molecule has 0 N–H and O–H groups in total. The second kappa shape index (κ2) is 10.4. The number of nitro groups is 1. The summed E-state index contributed by atoms with van der Waals surface area (Å²) in [6.07, 6.45) is 1.34. The summed E-state index contributed by atoms with van der Waals surface area (Å²) in [6, 6.07) is 28.2. The van der Waals surface area contributed by atoms with Gasteiger partial charge in [0.2, 0.25) is 5.75 Å². The third-order valence-corrected chi connectivity index (χ3v) is 5.86. The fourth-order valence-electron chi connectivity index (χ4n) is 3.81. The van der Waals surface area contributed by atoms with Crippen molar-refractivity contribution in [2.45, 2.75) is 6.61 Å². The predicted molar refractivity (Wildman–Crippen MR) is 143 cm³/mol. The summed E-state index contributed by atoms with van der Waals surface area (Å²) in [5.41, 5.74) is 1.71. The highest BCUT2D eigenvalue weighted by molar-refractivity contribution is 6.32.